The molecule has 4 nitrogen and oxygen atoms in total. The second kappa shape index (κ2) is 10.0. The Bertz CT molecular complexity index is 659. The smallest absolute Gasteiger partial charge is 0.237 e. The number of hydrogen-bond acceptors (Lipinski definition) is 4. The zero-order valence-corrected chi connectivity index (χ0v) is 17.4. The highest BCUT2D eigenvalue weighted by Crippen LogP contribution is 2.24. The Balaban J connectivity index is 1.65. The summed E-state index contributed by atoms with van der Waals surface area (Å²) < 4.78 is 26.9. The molecule has 1 N–H and O–H groups in total. The van der Waals surface area contributed by atoms with Crippen molar-refractivity contribution >= 4 is 18.5 Å². The third-order valence-corrected chi connectivity index (χ3v) is 6.50. The van der Waals surface area contributed by atoms with E-state index in [0.717, 1.165) is 57.9 Å². The van der Waals surface area contributed by atoms with E-state index in [4.69, 9.17) is 0 Å². The molecule has 7 heteroatoms. The van der Waals surface area contributed by atoms with Crippen molar-refractivity contribution in [1.82, 2.24) is 15.1 Å². The van der Waals surface area contributed by atoms with Crippen molar-refractivity contribution in [3.05, 3.63) is 35.4 Å². The fourth-order valence-electron chi connectivity index (χ4n) is 4.25. The fourth-order valence-corrected chi connectivity index (χ4v) is 4.55. The van der Waals surface area contributed by atoms with Gasteiger partial charge in [0.25, 0.3) is 0 Å². The van der Waals surface area contributed by atoms with Crippen LogP contribution in [-0.2, 0) is 11.3 Å². The third kappa shape index (κ3) is 5.67. The van der Waals surface area contributed by atoms with Crippen LogP contribution < -0.4 is 5.32 Å². The number of piperidine rings is 2. The number of thiol groups is 1. The molecule has 0 bridgehead atoms. The van der Waals surface area contributed by atoms with Crippen molar-refractivity contribution in [2.24, 2.45) is 5.92 Å². The van der Waals surface area contributed by atoms with Crippen LogP contribution in [0.3, 0.4) is 0 Å². The van der Waals surface area contributed by atoms with Crippen LogP contribution in [0.4, 0.5) is 8.78 Å². The second-order valence-corrected chi connectivity index (χ2v) is 8.92. The standard InChI is InChI=1S/C21H31F2N3OS/c1-15(28)17-6-10-25(11-7-17)14-21(27)26(18-4-8-24-9-5-18)13-16-2-3-19(22)20(23)12-16/h2-3,12,15,17-18,24,28H,4-11,13-14H2,1H3. The molecule has 0 aromatic heterocycles. The molecule has 0 radical (unpaired) electrons. The highest BCUT2D eigenvalue weighted by atomic mass is 32.1. The molecule has 3 rings (SSSR count). The topological polar surface area (TPSA) is 35.6 Å². The Morgan fingerprint density at radius 3 is 2.50 bits per heavy atom. The van der Waals surface area contributed by atoms with Gasteiger partial charge in [0.15, 0.2) is 11.6 Å². The largest absolute Gasteiger partial charge is 0.334 e. The average Bonchev–Trinajstić information content (AvgIpc) is 2.69. The summed E-state index contributed by atoms with van der Waals surface area (Å²) in [6, 6.07) is 4.05. The first-order chi connectivity index (χ1) is 13.4. The van der Waals surface area contributed by atoms with Gasteiger partial charge in [0.1, 0.15) is 0 Å². The first kappa shape index (κ1) is 21.5. The van der Waals surface area contributed by atoms with Crippen molar-refractivity contribution in [3.8, 4) is 0 Å². The normalized spacial score (nSPS) is 20.9. The number of amides is 1. The highest BCUT2D eigenvalue weighted by molar-refractivity contribution is 7.80. The zero-order chi connectivity index (χ0) is 20.1. The molecule has 0 aliphatic carbocycles. The molecule has 2 aliphatic rings. The van der Waals surface area contributed by atoms with Gasteiger partial charge < -0.3 is 10.2 Å². The SMILES string of the molecule is CC(S)C1CCN(CC(=O)N(Cc2ccc(F)c(F)c2)C2CCNCC2)CC1. The second-order valence-electron chi connectivity index (χ2n) is 8.11. The highest BCUT2D eigenvalue weighted by Gasteiger charge is 2.29. The van der Waals surface area contributed by atoms with E-state index in [9.17, 15) is 13.6 Å². The van der Waals surface area contributed by atoms with Gasteiger partial charge in [-0.05, 0) is 75.5 Å². The van der Waals surface area contributed by atoms with Crippen LogP contribution in [0.15, 0.2) is 18.2 Å². The van der Waals surface area contributed by atoms with Gasteiger partial charge in [0.05, 0.1) is 6.54 Å². The monoisotopic (exact) mass is 411 g/mol. The lowest BCUT2D eigenvalue weighted by Gasteiger charge is -2.38. The molecule has 1 amide bonds. The average molecular weight is 412 g/mol. The maximum atomic E-state index is 13.6. The lowest BCUT2D eigenvalue weighted by molar-refractivity contribution is -0.136. The fraction of sp³-hybridized carbons (Fsp3) is 0.667. The predicted octanol–water partition coefficient (Wildman–Crippen LogP) is 3.08. The van der Waals surface area contributed by atoms with Crippen molar-refractivity contribution in [1.29, 1.82) is 0 Å². The summed E-state index contributed by atoms with van der Waals surface area (Å²) in [6.07, 6.45) is 3.90. The third-order valence-electron chi connectivity index (χ3n) is 6.08. The van der Waals surface area contributed by atoms with E-state index < -0.39 is 11.6 Å². The minimum absolute atomic E-state index is 0.0778. The van der Waals surface area contributed by atoms with E-state index in [1.54, 1.807) is 6.07 Å². The van der Waals surface area contributed by atoms with E-state index in [2.05, 4.69) is 29.8 Å². The lowest BCUT2D eigenvalue weighted by Crippen LogP contribution is -2.50. The molecule has 0 spiro atoms. The predicted molar refractivity (Wildman–Crippen MR) is 110 cm³/mol. The van der Waals surface area contributed by atoms with Crippen LogP contribution in [0.1, 0.15) is 38.2 Å². The quantitative estimate of drug-likeness (QED) is 0.707. The Labute approximate surface area is 172 Å². The van der Waals surface area contributed by atoms with Gasteiger partial charge in [0, 0.05) is 17.8 Å². The number of halogens is 2. The van der Waals surface area contributed by atoms with Crippen LogP contribution in [0.2, 0.25) is 0 Å². The van der Waals surface area contributed by atoms with Crippen molar-refractivity contribution < 1.29 is 13.6 Å². The first-order valence-corrected chi connectivity index (χ1v) is 10.8. The van der Waals surface area contributed by atoms with Gasteiger partial charge >= 0.3 is 0 Å². The summed E-state index contributed by atoms with van der Waals surface area (Å²) in [5.41, 5.74) is 0.633. The minimum Gasteiger partial charge on any atom is -0.334 e. The van der Waals surface area contributed by atoms with Crippen molar-refractivity contribution in [2.45, 2.75) is 50.4 Å². The summed E-state index contributed by atoms with van der Waals surface area (Å²) in [5.74, 6) is -1.03. The van der Waals surface area contributed by atoms with E-state index in [1.807, 2.05) is 4.90 Å². The van der Waals surface area contributed by atoms with Crippen LogP contribution in [0, 0.1) is 17.6 Å². The van der Waals surface area contributed by atoms with Crippen LogP contribution in [0.25, 0.3) is 0 Å². The van der Waals surface area contributed by atoms with Gasteiger partial charge in [-0.2, -0.15) is 12.6 Å². The Morgan fingerprint density at radius 2 is 1.89 bits per heavy atom. The molecule has 1 atom stereocenters. The number of likely N-dealkylation sites (tertiary alicyclic amines) is 1. The maximum absolute atomic E-state index is 13.6. The number of carbonyl (C=O) groups excluding carboxylic acids is 1. The number of hydrogen-bond donors (Lipinski definition) is 2. The Morgan fingerprint density at radius 1 is 1.21 bits per heavy atom. The molecule has 1 aromatic rings. The number of rotatable bonds is 6. The summed E-state index contributed by atoms with van der Waals surface area (Å²) >= 11 is 4.56. The summed E-state index contributed by atoms with van der Waals surface area (Å²) in [7, 11) is 0. The van der Waals surface area contributed by atoms with E-state index in [1.165, 1.54) is 6.07 Å². The van der Waals surface area contributed by atoms with E-state index >= 15 is 0 Å². The number of nitrogens with one attached hydrogen (secondary N) is 1. The first-order valence-electron chi connectivity index (χ1n) is 10.3. The molecule has 2 fully saturated rings. The maximum Gasteiger partial charge on any atom is 0.237 e. The van der Waals surface area contributed by atoms with E-state index in [0.29, 0.717) is 29.8 Å². The number of nitrogens with zero attached hydrogens (tertiary/aromatic N) is 2. The van der Waals surface area contributed by atoms with Crippen LogP contribution in [0.5, 0.6) is 0 Å². The molecule has 1 unspecified atom stereocenters. The lowest BCUT2D eigenvalue weighted by atomic mass is 9.94. The molecule has 1 aromatic carbocycles. The van der Waals surface area contributed by atoms with Gasteiger partial charge in [0.2, 0.25) is 5.91 Å². The molecule has 156 valence electrons. The van der Waals surface area contributed by atoms with Crippen LogP contribution >= 0.6 is 12.6 Å². The summed E-state index contributed by atoms with van der Waals surface area (Å²) in [5, 5.41) is 3.71. The molecule has 2 heterocycles. The van der Waals surface area contributed by atoms with Gasteiger partial charge in [-0.3, -0.25) is 9.69 Å². The van der Waals surface area contributed by atoms with Gasteiger partial charge in [-0.1, -0.05) is 13.0 Å². The van der Waals surface area contributed by atoms with E-state index in [-0.39, 0.29) is 11.9 Å². The summed E-state index contributed by atoms with van der Waals surface area (Å²) in [4.78, 5) is 17.3. The Hall–Kier alpha value is -1.18. The molecule has 0 saturated carbocycles. The number of carbonyl (C=O) groups is 1. The number of benzene rings is 1. The summed E-state index contributed by atoms with van der Waals surface area (Å²) in [6.45, 7) is 6.41. The van der Waals surface area contributed by atoms with Gasteiger partial charge in [-0.25, -0.2) is 8.78 Å². The molecule has 2 saturated heterocycles. The minimum atomic E-state index is -0.863. The molecular weight excluding hydrogens is 380 g/mol. The molecule has 28 heavy (non-hydrogen) atoms. The Kier molecular flexibility index (Phi) is 7.71. The van der Waals surface area contributed by atoms with Gasteiger partial charge in [-0.15, -0.1) is 0 Å². The van der Waals surface area contributed by atoms with Crippen molar-refractivity contribution in [2.75, 3.05) is 32.7 Å². The van der Waals surface area contributed by atoms with Crippen LogP contribution in [-0.4, -0.2) is 59.7 Å². The zero-order valence-electron chi connectivity index (χ0n) is 16.5. The molecule has 2 aliphatic heterocycles. The molecular formula is C21H31F2N3OS. The van der Waals surface area contributed by atoms with Crippen molar-refractivity contribution in [3.63, 3.8) is 0 Å².